The van der Waals surface area contributed by atoms with Crippen molar-refractivity contribution in [2.45, 2.75) is 83.9 Å². The molecule has 1 heterocycles. The molecule has 0 atom stereocenters. The lowest BCUT2D eigenvalue weighted by Crippen LogP contribution is -2.53. The largest absolute Gasteiger partial charge is 0.276 e. The molecule has 0 N–H and O–H groups in total. The monoisotopic (exact) mass is 314 g/mol. The minimum atomic E-state index is -0.840. The van der Waals surface area contributed by atoms with E-state index in [-0.39, 0.29) is 11.1 Å². The van der Waals surface area contributed by atoms with Gasteiger partial charge in [0.15, 0.2) is 5.60 Å². The van der Waals surface area contributed by atoms with Crippen molar-refractivity contribution in [2.75, 3.05) is 0 Å². The number of hydroxylamine groups is 2. The zero-order chi connectivity index (χ0) is 17.3. The van der Waals surface area contributed by atoms with Crippen molar-refractivity contribution >= 4 is 0 Å². The van der Waals surface area contributed by atoms with Gasteiger partial charge in [0.1, 0.15) is 0 Å². The molecular formula is C20H30N2O. The number of rotatable bonds is 6. The third-order valence-corrected chi connectivity index (χ3v) is 5.64. The van der Waals surface area contributed by atoms with Crippen LogP contribution in [0.1, 0.15) is 78.4 Å². The van der Waals surface area contributed by atoms with Crippen LogP contribution in [-0.4, -0.2) is 10.7 Å². The number of benzene rings is 1. The Labute approximate surface area is 141 Å². The van der Waals surface area contributed by atoms with Crippen molar-refractivity contribution in [3.05, 3.63) is 35.4 Å². The molecule has 0 bridgehead atoms. The molecule has 0 aromatic heterocycles. The first-order chi connectivity index (χ1) is 10.9. The maximum Gasteiger partial charge on any atom is 0.170 e. The maximum absolute atomic E-state index is 9.50. The Hall–Kier alpha value is -1.37. The summed E-state index contributed by atoms with van der Waals surface area (Å²) in [7, 11) is 0. The zero-order valence-electron chi connectivity index (χ0n) is 15.4. The molecule has 0 unspecified atom stereocenters. The van der Waals surface area contributed by atoms with Gasteiger partial charge in [-0.2, -0.15) is 10.3 Å². The molecule has 1 aromatic carbocycles. The Morgan fingerprint density at radius 1 is 0.957 bits per heavy atom. The standard InChI is InChI=1S/C20H30N2O/c1-7-19(8-2)16-13-11-12-14-17(16)20(9-3,10-4)22(19)23-18(5,6)15-21/h11-14H,7-10H2,1-6H3. The lowest BCUT2D eigenvalue weighted by Gasteiger charge is -2.47. The summed E-state index contributed by atoms with van der Waals surface area (Å²) >= 11 is 0. The number of hydrogen-bond acceptors (Lipinski definition) is 3. The molecule has 0 amide bonds. The number of fused-ring (bicyclic) bond motifs is 1. The van der Waals surface area contributed by atoms with E-state index in [4.69, 9.17) is 4.84 Å². The summed E-state index contributed by atoms with van der Waals surface area (Å²) in [5.41, 5.74) is 1.55. The first kappa shape index (κ1) is 18.0. The third kappa shape index (κ3) is 2.49. The van der Waals surface area contributed by atoms with Gasteiger partial charge in [-0.1, -0.05) is 52.0 Å². The first-order valence-electron chi connectivity index (χ1n) is 8.88. The molecule has 1 aliphatic rings. The Bertz CT molecular complexity index is 553. The Balaban J connectivity index is 2.72. The van der Waals surface area contributed by atoms with Crippen LogP contribution in [-0.2, 0) is 15.9 Å². The van der Waals surface area contributed by atoms with Crippen LogP contribution in [0.5, 0.6) is 0 Å². The van der Waals surface area contributed by atoms with Gasteiger partial charge >= 0.3 is 0 Å². The van der Waals surface area contributed by atoms with E-state index in [1.165, 1.54) is 11.1 Å². The second-order valence-corrected chi connectivity index (χ2v) is 7.03. The van der Waals surface area contributed by atoms with Crippen LogP contribution in [0.3, 0.4) is 0 Å². The quantitative estimate of drug-likeness (QED) is 0.718. The van der Waals surface area contributed by atoms with Gasteiger partial charge in [0.25, 0.3) is 0 Å². The van der Waals surface area contributed by atoms with Gasteiger partial charge in [-0.15, -0.1) is 0 Å². The summed E-state index contributed by atoms with van der Waals surface area (Å²) in [6.07, 6.45) is 3.85. The van der Waals surface area contributed by atoms with Gasteiger partial charge in [0, 0.05) is 0 Å². The molecular weight excluding hydrogens is 284 g/mol. The predicted molar refractivity (Wildman–Crippen MR) is 93.6 cm³/mol. The van der Waals surface area contributed by atoms with Crippen molar-refractivity contribution in [2.24, 2.45) is 0 Å². The minimum Gasteiger partial charge on any atom is -0.276 e. The Morgan fingerprint density at radius 3 is 1.65 bits per heavy atom. The van der Waals surface area contributed by atoms with E-state index in [0.29, 0.717) is 0 Å². The van der Waals surface area contributed by atoms with Crippen LogP contribution < -0.4 is 0 Å². The highest BCUT2D eigenvalue weighted by molar-refractivity contribution is 5.44. The van der Waals surface area contributed by atoms with E-state index in [9.17, 15) is 5.26 Å². The van der Waals surface area contributed by atoms with E-state index in [2.05, 4.69) is 63.1 Å². The van der Waals surface area contributed by atoms with Gasteiger partial charge < -0.3 is 0 Å². The van der Waals surface area contributed by atoms with E-state index < -0.39 is 5.60 Å². The van der Waals surface area contributed by atoms with Crippen LogP contribution in [0, 0.1) is 11.3 Å². The molecule has 2 rings (SSSR count). The fourth-order valence-corrected chi connectivity index (χ4v) is 4.18. The molecule has 0 spiro atoms. The van der Waals surface area contributed by atoms with Gasteiger partial charge in [0.05, 0.1) is 17.1 Å². The predicted octanol–water partition coefficient (Wildman–Crippen LogP) is 5.27. The molecule has 3 nitrogen and oxygen atoms in total. The summed E-state index contributed by atoms with van der Waals surface area (Å²) in [5, 5.41) is 11.7. The van der Waals surface area contributed by atoms with Crippen LogP contribution >= 0.6 is 0 Å². The second-order valence-electron chi connectivity index (χ2n) is 7.03. The molecule has 0 fully saturated rings. The molecule has 1 aromatic rings. The maximum atomic E-state index is 9.50. The SMILES string of the molecule is CCC1(CC)c2ccccc2C(CC)(CC)N1OC(C)(C)C#N. The van der Waals surface area contributed by atoms with Crippen molar-refractivity contribution in [3.8, 4) is 6.07 Å². The minimum absolute atomic E-state index is 0.170. The van der Waals surface area contributed by atoms with Gasteiger partial charge in [-0.05, 0) is 50.7 Å². The van der Waals surface area contributed by atoms with Gasteiger partial charge in [-0.25, -0.2) is 0 Å². The molecule has 126 valence electrons. The second kappa shape index (κ2) is 6.26. The van der Waals surface area contributed by atoms with Crippen molar-refractivity contribution in [1.82, 2.24) is 5.06 Å². The summed E-state index contributed by atoms with van der Waals surface area (Å²) in [6, 6.07) is 11.0. The first-order valence-corrected chi connectivity index (χ1v) is 8.88. The smallest absolute Gasteiger partial charge is 0.170 e. The van der Waals surface area contributed by atoms with Crippen LogP contribution in [0.25, 0.3) is 0 Å². The fourth-order valence-electron chi connectivity index (χ4n) is 4.18. The average Bonchev–Trinajstić information content (AvgIpc) is 2.81. The topological polar surface area (TPSA) is 36.3 Å². The molecule has 0 saturated carbocycles. The number of hydrogen-bond donors (Lipinski definition) is 0. The van der Waals surface area contributed by atoms with E-state index >= 15 is 0 Å². The van der Waals surface area contributed by atoms with Crippen LogP contribution in [0.15, 0.2) is 24.3 Å². The van der Waals surface area contributed by atoms with E-state index in [1.54, 1.807) is 0 Å². The Kier molecular flexibility index (Phi) is 4.89. The van der Waals surface area contributed by atoms with Crippen molar-refractivity contribution in [1.29, 1.82) is 5.26 Å². The zero-order valence-corrected chi connectivity index (χ0v) is 15.4. The third-order valence-electron chi connectivity index (χ3n) is 5.64. The molecule has 1 aliphatic heterocycles. The van der Waals surface area contributed by atoms with E-state index in [1.807, 2.05) is 13.8 Å². The van der Waals surface area contributed by atoms with Crippen LogP contribution in [0.2, 0.25) is 0 Å². The van der Waals surface area contributed by atoms with Crippen LogP contribution in [0.4, 0.5) is 0 Å². The molecule has 3 heteroatoms. The van der Waals surface area contributed by atoms with Gasteiger partial charge in [0.2, 0.25) is 0 Å². The highest BCUT2D eigenvalue weighted by Gasteiger charge is 2.57. The highest BCUT2D eigenvalue weighted by atomic mass is 16.7. The summed E-state index contributed by atoms with van der Waals surface area (Å²) in [5.74, 6) is 0. The average molecular weight is 314 g/mol. The molecule has 0 aliphatic carbocycles. The molecule has 0 radical (unpaired) electrons. The van der Waals surface area contributed by atoms with Crippen molar-refractivity contribution < 1.29 is 4.84 Å². The fraction of sp³-hybridized carbons (Fsp3) is 0.650. The number of nitriles is 1. The van der Waals surface area contributed by atoms with Crippen molar-refractivity contribution in [3.63, 3.8) is 0 Å². The lowest BCUT2D eigenvalue weighted by atomic mass is 9.83. The normalized spacial score (nSPS) is 19.3. The highest BCUT2D eigenvalue weighted by Crippen LogP contribution is 2.56. The van der Waals surface area contributed by atoms with E-state index in [0.717, 1.165) is 25.7 Å². The summed E-state index contributed by atoms with van der Waals surface area (Å²) in [4.78, 5) is 6.40. The summed E-state index contributed by atoms with van der Waals surface area (Å²) < 4.78 is 0. The Morgan fingerprint density at radius 2 is 1.35 bits per heavy atom. The molecule has 23 heavy (non-hydrogen) atoms. The molecule has 0 saturated heterocycles. The lowest BCUT2D eigenvalue weighted by molar-refractivity contribution is -0.317. The van der Waals surface area contributed by atoms with Gasteiger partial charge in [-0.3, -0.25) is 4.84 Å². The number of nitrogens with zero attached hydrogens (tertiary/aromatic N) is 2. The summed E-state index contributed by atoms with van der Waals surface area (Å²) in [6.45, 7) is 12.6.